The normalized spacial score (nSPS) is 10.9. The number of carbonyl (C=O) groups is 1. The van der Waals surface area contributed by atoms with Crippen LogP contribution in [0.15, 0.2) is 28.8 Å². The maximum Gasteiger partial charge on any atom is 0.271 e. The fraction of sp³-hybridized carbons (Fsp3) is 0.143. The number of aromatic nitrogens is 1. The van der Waals surface area contributed by atoms with Crippen LogP contribution < -0.4 is 5.32 Å². The minimum atomic E-state index is -0.400. The summed E-state index contributed by atoms with van der Waals surface area (Å²) in [7, 11) is 0. The standard InChI is InChI=1S/C14H12N2O3S/c1-7-8(2)16-19-14(7)15-13(18)12-11(17)9-5-3-4-6-10(9)20-12/h3-6,17H,1-2H3,(H,15,18). The smallest absolute Gasteiger partial charge is 0.271 e. The molecule has 0 unspecified atom stereocenters. The molecular formula is C14H12N2O3S. The molecule has 0 aliphatic carbocycles. The highest BCUT2D eigenvalue weighted by Crippen LogP contribution is 2.37. The summed E-state index contributed by atoms with van der Waals surface area (Å²) in [6, 6.07) is 7.33. The summed E-state index contributed by atoms with van der Waals surface area (Å²) in [4.78, 5) is 12.5. The van der Waals surface area contributed by atoms with Crippen LogP contribution in [0.4, 0.5) is 5.88 Å². The number of fused-ring (bicyclic) bond motifs is 1. The van der Waals surface area contributed by atoms with Crippen LogP contribution in [0.5, 0.6) is 5.75 Å². The molecule has 0 spiro atoms. The Kier molecular flexibility index (Phi) is 2.94. The number of aryl methyl sites for hydroxylation is 1. The predicted octanol–water partition coefficient (Wildman–Crippen LogP) is 3.46. The third-order valence-electron chi connectivity index (χ3n) is 3.16. The molecule has 102 valence electrons. The Hall–Kier alpha value is -2.34. The van der Waals surface area contributed by atoms with Crippen molar-refractivity contribution in [2.24, 2.45) is 0 Å². The highest BCUT2D eigenvalue weighted by molar-refractivity contribution is 7.21. The second-order valence-electron chi connectivity index (χ2n) is 4.45. The lowest BCUT2D eigenvalue weighted by atomic mass is 10.2. The molecule has 2 heterocycles. The van der Waals surface area contributed by atoms with Crippen molar-refractivity contribution in [3.63, 3.8) is 0 Å². The second-order valence-corrected chi connectivity index (χ2v) is 5.50. The van der Waals surface area contributed by atoms with Crippen molar-refractivity contribution in [2.75, 3.05) is 5.32 Å². The third-order valence-corrected chi connectivity index (χ3v) is 4.32. The number of carbonyl (C=O) groups excluding carboxylic acids is 1. The van der Waals surface area contributed by atoms with Crippen LogP contribution >= 0.6 is 11.3 Å². The first-order valence-electron chi connectivity index (χ1n) is 6.02. The summed E-state index contributed by atoms with van der Waals surface area (Å²) < 4.78 is 5.90. The van der Waals surface area contributed by atoms with Gasteiger partial charge in [-0.15, -0.1) is 11.3 Å². The molecule has 2 N–H and O–H groups in total. The van der Waals surface area contributed by atoms with Gasteiger partial charge in [0.25, 0.3) is 5.91 Å². The maximum absolute atomic E-state index is 12.2. The number of benzene rings is 1. The van der Waals surface area contributed by atoms with Crippen molar-refractivity contribution in [2.45, 2.75) is 13.8 Å². The van der Waals surface area contributed by atoms with Gasteiger partial charge in [-0.1, -0.05) is 17.3 Å². The van der Waals surface area contributed by atoms with Gasteiger partial charge in [-0.25, -0.2) is 0 Å². The van der Waals surface area contributed by atoms with Crippen molar-refractivity contribution in [3.05, 3.63) is 40.4 Å². The molecule has 0 saturated heterocycles. The molecule has 0 radical (unpaired) electrons. The number of hydrogen-bond donors (Lipinski definition) is 2. The van der Waals surface area contributed by atoms with Crippen LogP contribution in [0.2, 0.25) is 0 Å². The topological polar surface area (TPSA) is 75.4 Å². The predicted molar refractivity (Wildman–Crippen MR) is 77.4 cm³/mol. The third kappa shape index (κ3) is 1.94. The summed E-state index contributed by atoms with van der Waals surface area (Å²) >= 11 is 1.24. The number of rotatable bonds is 2. The summed E-state index contributed by atoms with van der Waals surface area (Å²) in [6.07, 6.45) is 0. The van der Waals surface area contributed by atoms with E-state index < -0.39 is 5.91 Å². The molecule has 5 nitrogen and oxygen atoms in total. The van der Waals surface area contributed by atoms with Gasteiger partial charge in [0.2, 0.25) is 5.88 Å². The first-order chi connectivity index (χ1) is 9.58. The van der Waals surface area contributed by atoms with Gasteiger partial charge < -0.3 is 9.63 Å². The Morgan fingerprint density at radius 3 is 2.75 bits per heavy atom. The van der Waals surface area contributed by atoms with Crippen LogP contribution in [0.3, 0.4) is 0 Å². The van der Waals surface area contributed by atoms with Gasteiger partial charge >= 0.3 is 0 Å². The van der Waals surface area contributed by atoms with Crippen LogP contribution in [0, 0.1) is 13.8 Å². The van der Waals surface area contributed by atoms with Crippen LogP contribution in [-0.4, -0.2) is 16.2 Å². The zero-order valence-corrected chi connectivity index (χ0v) is 11.7. The highest BCUT2D eigenvalue weighted by atomic mass is 32.1. The Morgan fingerprint density at radius 1 is 1.35 bits per heavy atom. The number of anilines is 1. The van der Waals surface area contributed by atoms with Crippen molar-refractivity contribution < 1.29 is 14.4 Å². The molecule has 6 heteroatoms. The minimum absolute atomic E-state index is 0.00279. The van der Waals surface area contributed by atoms with E-state index in [1.165, 1.54) is 11.3 Å². The van der Waals surface area contributed by atoms with Gasteiger partial charge in [-0.2, -0.15) is 0 Å². The Morgan fingerprint density at radius 2 is 2.10 bits per heavy atom. The van der Waals surface area contributed by atoms with E-state index in [0.717, 1.165) is 16.0 Å². The summed E-state index contributed by atoms with van der Waals surface area (Å²) in [5.74, 6) is -0.0932. The Labute approximate surface area is 118 Å². The van der Waals surface area contributed by atoms with Gasteiger partial charge in [0, 0.05) is 15.6 Å². The molecule has 0 atom stereocenters. The second kappa shape index (κ2) is 4.64. The van der Waals surface area contributed by atoms with E-state index in [0.29, 0.717) is 11.3 Å². The fourth-order valence-electron chi connectivity index (χ4n) is 1.88. The number of hydrogen-bond acceptors (Lipinski definition) is 5. The Bertz CT molecular complexity index is 804. The Balaban J connectivity index is 1.97. The molecular weight excluding hydrogens is 276 g/mol. The maximum atomic E-state index is 12.2. The zero-order valence-electron chi connectivity index (χ0n) is 10.9. The lowest BCUT2D eigenvalue weighted by molar-refractivity contribution is 0.102. The average Bonchev–Trinajstić information content (AvgIpc) is 2.94. The highest BCUT2D eigenvalue weighted by Gasteiger charge is 2.20. The van der Waals surface area contributed by atoms with E-state index in [2.05, 4.69) is 10.5 Å². The summed E-state index contributed by atoms with van der Waals surface area (Å²) in [6.45, 7) is 3.61. The average molecular weight is 288 g/mol. The van der Waals surface area contributed by atoms with E-state index in [1.54, 1.807) is 13.0 Å². The lowest BCUT2D eigenvalue weighted by Crippen LogP contribution is -2.10. The lowest BCUT2D eigenvalue weighted by Gasteiger charge is -2.00. The van der Waals surface area contributed by atoms with E-state index in [1.807, 2.05) is 25.1 Å². The van der Waals surface area contributed by atoms with Crippen molar-refractivity contribution in [3.8, 4) is 5.75 Å². The fourth-order valence-corrected chi connectivity index (χ4v) is 2.87. The van der Waals surface area contributed by atoms with Crippen molar-refractivity contribution in [1.82, 2.24) is 5.16 Å². The van der Waals surface area contributed by atoms with Gasteiger partial charge in [0.1, 0.15) is 10.6 Å². The first-order valence-corrected chi connectivity index (χ1v) is 6.84. The number of amides is 1. The molecule has 0 aliphatic rings. The molecule has 3 rings (SSSR count). The molecule has 0 fully saturated rings. The van der Waals surface area contributed by atoms with E-state index >= 15 is 0 Å². The largest absolute Gasteiger partial charge is 0.506 e. The summed E-state index contributed by atoms with van der Waals surface area (Å²) in [5, 5.41) is 17.2. The molecule has 1 amide bonds. The molecule has 0 aliphatic heterocycles. The van der Waals surface area contributed by atoms with E-state index in [9.17, 15) is 9.90 Å². The molecule has 1 aromatic carbocycles. The molecule has 20 heavy (non-hydrogen) atoms. The van der Waals surface area contributed by atoms with Gasteiger partial charge in [-0.3, -0.25) is 10.1 Å². The zero-order chi connectivity index (χ0) is 14.3. The van der Waals surface area contributed by atoms with Gasteiger partial charge in [0.05, 0.1) is 5.69 Å². The number of aromatic hydroxyl groups is 1. The quantitative estimate of drug-likeness (QED) is 0.757. The number of thiophene rings is 1. The molecule has 2 aromatic heterocycles. The summed E-state index contributed by atoms with van der Waals surface area (Å²) in [5.41, 5.74) is 1.50. The van der Waals surface area contributed by atoms with Gasteiger partial charge in [0.15, 0.2) is 0 Å². The minimum Gasteiger partial charge on any atom is -0.506 e. The molecule has 0 saturated carbocycles. The van der Waals surface area contributed by atoms with Crippen LogP contribution in [-0.2, 0) is 0 Å². The molecule has 0 bridgehead atoms. The van der Waals surface area contributed by atoms with Crippen LogP contribution in [0.25, 0.3) is 10.1 Å². The first kappa shape index (κ1) is 12.7. The van der Waals surface area contributed by atoms with Crippen molar-refractivity contribution >= 4 is 33.2 Å². The van der Waals surface area contributed by atoms with E-state index in [-0.39, 0.29) is 10.6 Å². The van der Waals surface area contributed by atoms with Crippen molar-refractivity contribution in [1.29, 1.82) is 0 Å². The number of nitrogens with one attached hydrogen (secondary N) is 1. The van der Waals surface area contributed by atoms with E-state index in [4.69, 9.17) is 4.52 Å². The molecule has 3 aromatic rings. The monoisotopic (exact) mass is 288 g/mol. The van der Waals surface area contributed by atoms with Gasteiger partial charge in [-0.05, 0) is 26.0 Å². The number of nitrogens with zero attached hydrogens (tertiary/aromatic N) is 1. The van der Waals surface area contributed by atoms with Crippen LogP contribution in [0.1, 0.15) is 20.9 Å². The SMILES string of the molecule is Cc1noc(NC(=O)c2sc3ccccc3c2O)c1C.